The van der Waals surface area contributed by atoms with Crippen LogP contribution in [-0.4, -0.2) is 29.9 Å². The molecule has 0 bridgehead atoms. The lowest BCUT2D eigenvalue weighted by Crippen LogP contribution is -2.43. The van der Waals surface area contributed by atoms with E-state index in [9.17, 15) is 14.0 Å². The molecule has 1 aromatic heterocycles. The third-order valence-electron chi connectivity index (χ3n) is 4.09. The summed E-state index contributed by atoms with van der Waals surface area (Å²) < 4.78 is 14.4. The van der Waals surface area contributed by atoms with Gasteiger partial charge in [-0.3, -0.25) is 10.1 Å². The number of thiophene rings is 1. The number of carbonyl (C=O) groups excluding carboxylic acids is 2. The van der Waals surface area contributed by atoms with Gasteiger partial charge in [0.2, 0.25) is 5.91 Å². The number of carbonyl (C=O) groups is 2. The standard InChI is InChI=1S/C17H17BrFN3O2S/c18-12-3-4-14(13(19)10-12)20-16(23)11-5-7-22(8-6-11)17(24)21-15-2-1-9-25-15/h1-4,9-11H,5-8H2,(H,20,23)(H,21,24). The normalized spacial score (nSPS) is 15.0. The van der Waals surface area contributed by atoms with Gasteiger partial charge in [0.1, 0.15) is 5.82 Å². The number of piperidine rings is 1. The van der Waals surface area contributed by atoms with Gasteiger partial charge in [0, 0.05) is 23.5 Å². The van der Waals surface area contributed by atoms with Gasteiger partial charge in [-0.15, -0.1) is 11.3 Å². The van der Waals surface area contributed by atoms with E-state index in [2.05, 4.69) is 26.6 Å². The molecule has 25 heavy (non-hydrogen) atoms. The smallest absolute Gasteiger partial charge is 0.322 e. The maximum Gasteiger partial charge on any atom is 0.322 e. The molecule has 2 N–H and O–H groups in total. The molecule has 0 aliphatic carbocycles. The van der Waals surface area contributed by atoms with Crippen LogP contribution in [0.2, 0.25) is 0 Å². The highest BCUT2D eigenvalue weighted by atomic mass is 79.9. The van der Waals surface area contributed by atoms with Crippen LogP contribution in [0.5, 0.6) is 0 Å². The van der Waals surface area contributed by atoms with Crippen LogP contribution in [0.1, 0.15) is 12.8 Å². The zero-order chi connectivity index (χ0) is 17.8. The van der Waals surface area contributed by atoms with Crippen LogP contribution in [0.25, 0.3) is 0 Å². The Bertz CT molecular complexity index is 761. The molecule has 8 heteroatoms. The number of benzene rings is 1. The molecule has 3 rings (SSSR count). The molecular weight excluding hydrogens is 409 g/mol. The van der Waals surface area contributed by atoms with E-state index < -0.39 is 5.82 Å². The molecule has 1 saturated heterocycles. The first-order chi connectivity index (χ1) is 12.0. The van der Waals surface area contributed by atoms with E-state index >= 15 is 0 Å². The quantitative estimate of drug-likeness (QED) is 0.758. The summed E-state index contributed by atoms with van der Waals surface area (Å²) in [5.74, 6) is -0.913. The molecule has 1 aromatic carbocycles. The van der Waals surface area contributed by atoms with Crippen molar-refractivity contribution >= 4 is 49.9 Å². The van der Waals surface area contributed by atoms with Gasteiger partial charge in [-0.05, 0) is 48.6 Å². The van der Waals surface area contributed by atoms with Gasteiger partial charge >= 0.3 is 6.03 Å². The second-order valence-electron chi connectivity index (χ2n) is 5.78. The molecule has 0 radical (unpaired) electrons. The molecule has 132 valence electrons. The predicted molar refractivity (Wildman–Crippen MR) is 100 cm³/mol. The van der Waals surface area contributed by atoms with E-state index in [0.29, 0.717) is 30.4 Å². The number of likely N-dealkylation sites (tertiary alicyclic amines) is 1. The number of urea groups is 1. The summed E-state index contributed by atoms with van der Waals surface area (Å²) in [7, 11) is 0. The minimum Gasteiger partial charge on any atom is -0.324 e. The van der Waals surface area contributed by atoms with Crippen LogP contribution < -0.4 is 10.6 Å². The zero-order valence-electron chi connectivity index (χ0n) is 13.3. The van der Waals surface area contributed by atoms with E-state index in [-0.39, 0.29) is 23.5 Å². The van der Waals surface area contributed by atoms with Crippen LogP contribution >= 0.6 is 27.3 Å². The van der Waals surface area contributed by atoms with Crippen molar-refractivity contribution in [1.29, 1.82) is 0 Å². The number of rotatable bonds is 3. The van der Waals surface area contributed by atoms with E-state index in [0.717, 1.165) is 5.00 Å². The molecule has 2 heterocycles. The first-order valence-electron chi connectivity index (χ1n) is 7.88. The summed E-state index contributed by atoms with van der Waals surface area (Å²) in [5, 5.41) is 8.17. The van der Waals surface area contributed by atoms with Crippen molar-refractivity contribution in [2.45, 2.75) is 12.8 Å². The van der Waals surface area contributed by atoms with Gasteiger partial charge < -0.3 is 10.2 Å². The van der Waals surface area contributed by atoms with E-state index in [1.54, 1.807) is 11.0 Å². The molecule has 1 fully saturated rings. The monoisotopic (exact) mass is 425 g/mol. The Morgan fingerprint density at radius 2 is 1.96 bits per heavy atom. The largest absolute Gasteiger partial charge is 0.324 e. The summed E-state index contributed by atoms with van der Waals surface area (Å²) in [6.45, 7) is 0.996. The molecule has 0 saturated carbocycles. The summed E-state index contributed by atoms with van der Waals surface area (Å²) in [4.78, 5) is 26.2. The fraction of sp³-hybridized carbons (Fsp3) is 0.294. The number of nitrogens with zero attached hydrogens (tertiary/aromatic N) is 1. The molecule has 5 nitrogen and oxygen atoms in total. The summed E-state index contributed by atoms with van der Waals surface area (Å²) in [6.07, 6.45) is 1.11. The molecule has 1 aliphatic rings. The molecule has 1 aliphatic heterocycles. The number of hydrogen-bond acceptors (Lipinski definition) is 3. The van der Waals surface area contributed by atoms with Crippen molar-refractivity contribution in [2.75, 3.05) is 23.7 Å². The Morgan fingerprint density at radius 3 is 2.60 bits per heavy atom. The van der Waals surface area contributed by atoms with Gasteiger partial charge in [0.25, 0.3) is 0 Å². The summed E-state index contributed by atoms with van der Waals surface area (Å²) in [5.41, 5.74) is 0.172. The van der Waals surface area contributed by atoms with Gasteiger partial charge in [-0.2, -0.15) is 0 Å². The Labute approximate surface area is 157 Å². The molecule has 0 atom stereocenters. The van der Waals surface area contributed by atoms with Crippen molar-refractivity contribution < 1.29 is 14.0 Å². The molecule has 0 unspecified atom stereocenters. The summed E-state index contributed by atoms with van der Waals surface area (Å²) in [6, 6.07) is 8.08. The zero-order valence-corrected chi connectivity index (χ0v) is 15.7. The Kier molecular flexibility index (Phi) is 5.70. The Hall–Kier alpha value is -1.93. The fourth-order valence-corrected chi connectivity index (χ4v) is 3.64. The van der Waals surface area contributed by atoms with Crippen molar-refractivity contribution in [3.63, 3.8) is 0 Å². The third kappa shape index (κ3) is 4.58. The van der Waals surface area contributed by atoms with Crippen LogP contribution in [0.4, 0.5) is 19.9 Å². The number of amides is 3. The SMILES string of the molecule is O=C(Nc1ccc(Br)cc1F)C1CCN(C(=O)Nc2cccs2)CC1. The lowest BCUT2D eigenvalue weighted by atomic mass is 9.96. The topological polar surface area (TPSA) is 61.4 Å². The fourth-order valence-electron chi connectivity index (χ4n) is 2.70. The van der Waals surface area contributed by atoms with Gasteiger partial charge in [-0.25, -0.2) is 9.18 Å². The van der Waals surface area contributed by atoms with Crippen LogP contribution in [0, 0.1) is 11.7 Å². The first kappa shape index (κ1) is 17.9. The van der Waals surface area contributed by atoms with E-state index in [4.69, 9.17) is 0 Å². The predicted octanol–water partition coefficient (Wildman–Crippen LogP) is 4.53. The third-order valence-corrected chi connectivity index (χ3v) is 5.37. The van der Waals surface area contributed by atoms with Crippen LogP contribution in [0.15, 0.2) is 40.2 Å². The summed E-state index contributed by atoms with van der Waals surface area (Å²) >= 11 is 4.65. The van der Waals surface area contributed by atoms with Gasteiger partial charge in [0.05, 0.1) is 10.7 Å². The lowest BCUT2D eigenvalue weighted by molar-refractivity contribution is -0.121. The van der Waals surface area contributed by atoms with Crippen molar-refractivity contribution in [1.82, 2.24) is 4.90 Å². The highest BCUT2D eigenvalue weighted by Gasteiger charge is 2.28. The van der Waals surface area contributed by atoms with Crippen molar-refractivity contribution in [2.24, 2.45) is 5.92 Å². The number of anilines is 2. The van der Waals surface area contributed by atoms with E-state index in [1.807, 2.05) is 17.5 Å². The second-order valence-corrected chi connectivity index (χ2v) is 7.65. The highest BCUT2D eigenvalue weighted by molar-refractivity contribution is 9.10. The maximum atomic E-state index is 13.8. The Morgan fingerprint density at radius 1 is 1.20 bits per heavy atom. The van der Waals surface area contributed by atoms with Crippen LogP contribution in [0.3, 0.4) is 0 Å². The molecule has 3 amide bonds. The van der Waals surface area contributed by atoms with Gasteiger partial charge in [0.15, 0.2) is 0 Å². The molecular formula is C17H17BrFN3O2S. The minimum absolute atomic E-state index is 0.153. The van der Waals surface area contributed by atoms with Crippen molar-refractivity contribution in [3.8, 4) is 0 Å². The average Bonchev–Trinajstić information content (AvgIpc) is 3.10. The molecule has 0 spiro atoms. The Balaban J connectivity index is 1.51. The maximum absolute atomic E-state index is 13.8. The first-order valence-corrected chi connectivity index (χ1v) is 9.55. The average molecular weight is 426 g/mol. The number of nitrogens with one attached hydrogen (secondary N) is 2. The number of hydrogen-bond donors (Lipinski definition) is 2. The minimum atomic E-state index is -0.476. The van der Waals surface area contributed by atoms with Crippen molar-refractivity contribution in [3.05, 3.63) is 46.0 Å². The highest BCUT2D eigenvalue weighted by Crippen LogP contribution is 2.24. The van der Waals surface area contributed by atoms with Gasteiger partial charge in [-0.1, -0.05) is 15.9 Å². The lowest BCUT2D eigenvalue weighted by Gasteiger charge is -2.31. The second kappa shape index (κ2) is 7.97. The van der Waals surface area contributed by atoms with E-state index in [1.165, 1.54) is 23.5 Å². The van der Waals surface area contributed by atoms with Crippen LogP contribution in [-0.2, 0) is 4.79 Å². The molecule has 2 aromatic rings. The number of halogens is 2.